The Labute approximate surface area is 90.8 Å². The fourth-order valence-corrected chi connectivity index (χ4v) is 2.87. The average molecular weight is 220 g/mol. The Kier molecular flexibility index (Phi) is 3.01. The van der Waals surface area contributed by atoms with Crippen LogP contribution in [0.5, 0.6) is 0 Å². The van der Waals surface area contributed by atoms with Crippen molar-refractivity contribution in [1.29, 1.82) is 0 Å². The molecule has 2 rings (SSSR count). The molecule has 0 aliphatic rings. The van der Waals surface area contributed by atoms with Crippen LogP contribution in [0.3, 0.4) is 0 Å². The number of rotatable bonds is 3. The molecule has 0 bridgehead atoms. The molecule has 2 aromatic rings. The van der Waals surface area contributed by atoms with E-state index in [1.165, 1.54) is 11.3 Å². The average Bonchev–Trinajstić information content (AvgIpc) is 2.67. The summed E-state index contributed by atoms with van der Waals surface area (Å²) >= 11 is 3.10. The Morgan fingerprint density at radius 1 is 1.14 bits per heavy atom. The number of thiophene rings is 1. The number of carbonyl (C=O) groups excluding carboxylic acids is 1. The fourth-order valence-electron chi connectivity index (χ4n) is 1.10. The molecule has 1 heterocycles. The number of benzene rings is 1. The molecule has 0 spiro atoms. The van der Waals surface area contributed by atoms with Crippen LogP contribution in [0.15, 0.2) is 51.6 Å². The minimum Gasteiger partial charge on any atom is -0.297 e. The standard InChI is InChI=1S/C11H8OS2/c12-8-11-10(6-7-13-11)14-9-4-2-1-3-5-9/h1-8H. The highest BCUT2D eigenvalue weighted by Gasteiger charge is 2.04. The van der Waals surface area contributed by atoms with Crippen molar-refractivity contribution in [2.45, 2.75) is 9.79 Å². The van der Waals surface area contributed by atoms with Gasteiger partial charge < -0.3 is 0 Å². The van der Waals surface area contributed by atoms with Gasteiger partial charge in [0.05, 0.1) is 4.88 Å². The maximum absolute atomic E-state index is 10.7. The minimum absolute atomic E-state index is 0.804. The van der Waals surface area contributed by atoms with Gasteiger partial charge in [0, 0.05) is 9.79 Å². The molecule has 0 aliphatic heterocycles. The van der Waals surface area contributed by atoms with E-state index in [0.717, 1.165) is 21.0 Å². The highest BCUT2D eigenvalue weighted by molar-refractivity contribution is 7.99. The van der Waals surface area contributed by atoms with Gasteiger partial charge in [0.15, 0.2) is 6.29 Å². The largest absolute Gasteiger partial charge is 0.297 e. The Bertz CT molecular complexity index is 420. The summed E-state index contributed by atoms with van der Waals surface area (Å²) in [7, 11) is 0. The topological polar surface area (TPSA) is 17.1 Å². The van der Waals surface area contributed by atoms with Crippen LogP contribution in [0.2, 0.25) is 0 Å². The van der Waals surface area contributed by atoms with Crippen molar-refractivity contribution < 1.29 is 4.79 Å². The van der Waals surface area contributed by atoms with E-state index in [1.54, 1.807) is 11.8 Å². The van der Waals surface area contributed by atoms with Gasteiger partial charge in [-0.2, -0.15) is 0 Å². The van der Waals surface area contributed by atoms with E-state index >= 15 is 0 Å². The number of carbonyl (C=O) groups is 1. The zero-order valence-corrected chi connectivity index (χ0v) is 8.98. The predicted molar refractivity (Wildman–Crippen MR) is 60.3 cm³/mol. The van der Waals surface area contributed by atoms with Crippen molar-refractivity contribution in [3.63, 3.8) is 0 Å². The summed E-state index contributed by atoms with van der Waals surface area (Å²) < 4.78 is 0. The lowest BCUT2D eigenvalue weighted by Crippen LogP contribution is -1.75. The molecule has 1 aromatic carbocycles. The molecule has 3 heteroatoms. The van der Waals surface area contributed by atoms with Crippen LogP contribution in [0.1, 0.15) is 9.67 Å². The smallest absolute Gasteiger partial charge is 0.161 e. The first kappa shape index (κ1) is 9.49. The molecule has 0 atom stereocenters. The summed E-state index contributed by atoms with van der Waals surface area (Å²) in [5.41, 5.74) is 0. The maximum Gasteiger partial charge on any atom is 0.161 e. The Morgan fingerprint density at radius 3 is 2.64 bits per heavy atom. The first-order chi connectivity index (χ1) is 6.90. The quantitative estimate of drug-likeness (QED) is 0.733. The van der Waals surface area contributed by atoms with E-state index in [0.29, 0.717) is 0 Å². The second-order valence-electron chi connectivity index (χ2n) is 2.68. The van der Waals surface area contributed by atoms with Crippen LogP contribution in [-0.4, -0.2) is 6.29 Å². The van der Waals surface area contributed by atoms with E-state index in [1.807, 2.05) is 41.8 Å². The highest BCUT2D eigenvalue weighted by Crippen LogP contribution is 2.32. The van der Waals surface area contributed by atoms with Crippen LogP contribution < -0.4 is 0 Å². The molecule has 0 radical (unpaired) electrons. The molecule has 14 heavy (non-hydrogen) atoms. The molecule has 1 nitrogen and oxygen atoms in total. The molecule has 1 aromatic heterocycles. The second kappa shape index (κ2) is 4.44. The van der Waals surface area contributed by atoms with Crippen LogP contribution in [0, 0.1) is 0 Å². The van der Waals surface area contributed by atoms with Crippen LogP contribution in [0.25, 0.3) is 0 Å². The van der Waals surface area contributed by atoms with E-state index in [-0.39, 0.29) is 0 Å². The van der Waals surface area contributed by atoms with Gasteiger partial charge in [-0.3, -0.25) is 4.79 Å². The van der Waals surface area contributed by atoms with Crippen LogP contribution in [0.4, 0.5) is 0 Å². The molecular formula is C11H8OS2. The van der Waals surface area contributed by atoms with E-state index in [4.69, 9.17) is 0 Å². The molecule has 0 saturated heterocycles. The monoisotopic (exact) mass is 220 g/mol. The van der Waals surface area contributed by atoms with Crippen molar-refractivity contribution in [3.05, 3.63) is 46.7 Å². The summed E-state index contributed by atoms with van der Waals surface area (Å²) in [5.74, 6) is 0. The SMILES string of the molecule is O=Cc1sccc1Sc1ccccc1. The van der Waals surface area contributed by atoms with Crippen molar-refractivity contribution in [1.82, 2.24) is 0 Å². The summed E-state index contributed by atoms with van der Waals surface area (Å²) in [4.78, 5) is 13.7. The van der Waals surface area contributed by atoms with E-state index in [9.17, 15) is 4.79 Å². The van der Waals surface area contributed by atoms with Gasteiger partial charge in [0.25, 0.3) is 0 Å². The van der Waals surface area contributed by atoms with Crippen molar-refractivity contribution in [2.24, 2.45) is 0 Å². The summed E-state index contributed by atoms with van der Waals surface area (Å²) in [6.45, 7) is 0. The van der Waals surface area contributed by atoms with Gasteiger partial charge in [-0.1, -0.05) is 30.0 Å². The van der Waals surface area contributed by atoms with Gasteiger partial charge in [0.2, 0.25) is 0 Å². The normalized spacial score (nSPS) is 10.0. The lowest BCUT2D eigenvalue weighted by atomic mass is 10.4. The van der Waals surface area contributed by atoms with Crippen molar-refractivity contribution >= 4 is 29.4 Å². The molecule has 0 N–H and O–H groups in total. The van der Waals surface area contributed by atoms with Crippen LogP contribution >= 0.6 is 23.1 Å². The number of hydrogen-bond acceptors (Lipinski definition) is 3. The first-order valence-electron chi connectivity index (χ1n) is 4.16. The number of hydrogen-bond donors (Lipinski definition) is 0. The van der Waals surface area contributed by atoms with Crippen LogP contribution in [-0.2, 0) is 0 Å². The molecule has 0 unspecified atom stereocenters. The molecule has 0 saturated carbocycles. The van der Waals surface area contributed by atoms with E-state index < -0.39 is 0 Å². The zero-order valence-electron chi connectivity index (χ0n) is 7.34. The predicted octanol–water partition coefficient (Wildman–Crippen LogP) is 3.71. The highest BCUT2D eigenvalue weighted by atomic mass is 32.2. The summed E-state index contributed by atoms with van der Waals surface area (Å²) in [6.07, 6.45) is 0.913. The Morgan fingerprint density at radius 2 is 1.93 bits per heavy atom. The van der Waals surface area contributed by atoms with Crippen molar-refractivity contribution in [2.75, 3.05) is 0 Å². The molecular weight excluding hydrogens is 212 g/mol. The molecule has 0 amide bonds. The minimum atomic E-state index is 0.804. The van der Waals surface area contributed by atoms with Gasteiger partial charge >= 0.3 is 0 Å². The molecule has 0 fully saturated rings. The summed E-state index contributed by atoms with van der Waals surface area (Å²) in [6, 6.07) is 12.0. The lowest BCUT2D eigenvalue weighted by Gasteiger charge is -1.98. The van der Waals surface area contributed by atoms with Gasteiger partial charge in [-0.15, -0.1) is 11.3 Å². The zero-order chi connectivity index (χ0) is 9.80. The van der Waals surface area contributed by atoms with E-state index in [2.05, 4.69) is 0 Å². The third-order valence-electron chi connectivity index (χ3n) is 1.74. The Hall–Kier alpha value is -1.06. The third-order valence-corrected chi connectivity index (χ3v) is 3.79. The molecule has 0 aliphatic carbocycles. The fraction of sp³-hybridized carbons (Fsp3) is 0. The second-order valence-corrected chi connectivity index (χ2v) is 4.75. The van der Waals surface area contributed by atoms with Crippen molar-refractivity contribution in [3.8, 4) is 0 Å². The van der Waals surface area contributed by atoms with Gasteiger partial charge in [-0.05, 0) is 23.6 Å². The summed E-state index contributed by atoms with van der Waals surface area (Å²) in [5, 5.41) is 1.94. The molecule has 70 valence electrons. The first-order valence-corrected chi connectivity index (χ1v) is 5.85. The Balaban J connectivity index is 2.23. The lowest BCUT2D eigenvalue weighted by molar-refractivity contribution is 0.112. The third kappa shape index (κ3) is 2.05. The maximum atomic E-state index is 10.7. The van der Waals surface area contributed by atoms with Gasteiger partial charge in [0.1, 0.15) is 0 Å². The number of aldehydes is 1. The van der Waals surface area contributed by atoms with Gasteiger partial charge in [-0.25, -0.2) is 0 Å².